The summed E-state index contributed by atoms with van der Waals surface area (Å²) in [6.07, 6.45) is 1.63. The zero-order valence-corrected chi connectivity index (χ0v) is 13.9. The highest BCUT2D eigenvalue weighted by Gasteiger charge is 2.36. The van der Waals surface area contributed by atoms with Crippen molar-refractivity contribution in [2.24, 2.45) is 0 Å². The van der Waals surface area contributed by atoms with Crippen LogP contribution in [0.5, 0.6) is 0 Å². The van der Waals surface area contributed by atoms with Crippen LogP contribution in [0.1, 0.15) is 30.3 Å². The first-order chi connectivity index (χ1) is 10.8. The average Bonchev–Trinajstić information content (AvgIpc) is 2.81. The van der Waals surface area contributed by atoms with Gasteiger partial charge in [0, 0.05) is 25.0 Å². The molecule has 0 amide bonds. The van der Waals surface area contributed by atoms with Gasteiger partial charge in [0.1, 0.15) is 5.82 Å². The van der Waals surface area contributed by atoms with Gasteiger partial charge in [-0.2, -0.15) is 5.10 Å². The zero-order valence-electron chi connectivity index (χ0n) is 13.9. The number of anilines is 1. The third kappa shape index (κ3) is 3.38. The number of aliphatic hydroxyl groups excluding tert-OH is 1. The molecule has 0 bridgehead atoms. The molecular formula is C17H24N4O2. The normalized spacial score (nSPS) is 24.9. The van der Waals surface area contributed by atoms with E-state index < -0.39 is 11.7 Å². The van der Waals surface area contributed by atoms with Crippen molar-refractivity contribution < 1.29 is 10.2 Å². The maximum absolute atomic E-state index is 10.0. The number of piperidine rings is 1. The summed E-state index contributed by atoms with van der Waals surface area (Å²) in [5.41, 5.74) is 2.23. The molecule has 6 nitrogen and oxygen atoms in total. The zero-order chi connectivity index (χ0) is 16.6. The molecule has 0 aliphatic carbocycles. The van der Waals surface area contributed by atoms with Crippen LogP contribution in [-0.2, 0) is 6.54 Å². The summed E-state index contributed by atoms with van der Waals surface area (Å²) >= 11 is 0. The molecule has 0 unspecified atom stereocenters. The van der Waals surface area contributed by atoms with Gasteiger partial charge in [-0.05, 0) is 44.9 Å². The van der Waals surface area contributed by atoms with Crippen molar-refractivity contribution in [2.45, 2.75) is 45.4 Å². The Hall–Kier alpha value is -1.92. The van der Waals surface area contributed by atoms with Crippen molar-refractivity contribution in [2.75, 3.05) is 18.0 Å². The lowest BCUT2D eigenvalue weighted by atomic mass is 9.91. The number of nitrogens with zero attached hydrogens (tertiary/aromatic N) is 4. The number of aryl methyl sites for hydroxylation is 2. The van der Waals surface area contributed by atoms with E-state index in [1.54, 1.807) is 6.92 Å². The standard InChI is InChI=1S/C17H24N4O2/c1-12-8-13(2)21(19-12)10-14-4-5-16(18-9-14)20-7-6-17(3,23)15(22)11-20/h4-5,8-9,15,22-23H,6-7,10-11H2,1-3H3/t15-,17-/m1/s1. The summed E-state index contributed by atoms with van der Waals surface area (Å²) in [5.74, 6) is 0.830. The predicted octanol–water partition coefficient (Wildman–Crippen LogP) is 1.27. The molecule has 3 heterocycles. The largest absolute Gasteiger partial charge is 0.388 e. The maximum atomic E-state index is 10.0. The molecule has 3 rings (SSSR count). The molecule has 0 radical (unpaired) electrons. The minimum atomic E-state index is -1.01. The van der Waals surface area contributed by atoms with Crippen LogP contribution < -0.4 is 4.90 Å². The molecule has 1 aliphatic rings. The van der Waals surface area contributed by atoms with Crippen LogP contribution in [-0.4, -0.2) is 49.8 Å². The Morgan fingerprint density at radius 1 is 1.35 bits per heavy atom. The van der Waals surface area contributed by atoms with Gasteiger partial charge in [-0.25, -0.2) is 4.98 Å². The van der Waals surface area contributed by atoms with E-state index in [1.807, 2.05) is 41.8 Å². The first kappa shape index (κ1) is 16.0. The Morgan fingerprint density at radius 3 is 2.70 bits per heavy atom. The Bertz CT molecular complexity index is 678. The molecule has 0 aromatic carbocycles. The lowest BCUT2D eigenvalue weighted by molar-refractivity contribution is -0.0722. The fraction of sp³-hybridized carbons (Fsp3) is 0.529. The topological polar surface area (TPSA) is 74.4 Å². The summed E-state index contributed by atoms with van der Waals surface area (Å²) in [4.78, 5) is 6.52. The van der Waals surface area contributed by atoms with Crippen LogP contribution in [0, 0.1) is 13.8 Å². The Kier molecular flexibility index (Phi) is 4.12. The lowest BCUT2D eigenvalue weighted by Crippen LogP contribution is -2.54. The van der Waals surface area contributed by atoms with E-state index in [0.717, 1.165) is 22.8 Å². The highest BCUT2D eigenvalue weighted by molar-refractivity contribution is 5.40. The third-order valence-corrected chi connectivity index (χ3v) is 4.57. The summed E-state index contributed by atoms with van der Waals surface area (Å²) in [7, 11) is 0. The monoisotopic (exact) mass is 316 g/mol. The minimum Gasteiger partial charge on any atom is -0.388 e. The van der Waals surface area contributed by atoms with Gasteiger partial charge in [-0.3, -0.25) is 4.68 Å². The molecule has 1 aliphatic heterocycles. The number of β-amino-alcohol motifs (C(OH)–C–C–N with tert-alkyl or cyclic N) is 1. The van der Waals surface area contributed by atoms with Crippen LogP contribution in [0.3, 0.4) is 0 Å². The van der Waals surface area contributed by atoms with Gasteiger partial charge in [0.05, 0.1) is 23.9 Å². The molecular weight excluding hydrogens is 292 g/mol. The van der Waals surface area contributed by atoms with E-state index >= 15 is 0 Å². The first-order valence-corrected chi connectivity index (χ1v) is 7.96. The second-order valence-corrected chi connectivity index (χ2v) is 6.68. The molecule has 2 aromatic heterocycles. The van der Waals surface area contributed by atoms with E-state index in [-0.39, 0.29) is 0 Å². The SMILES string of the molecule is Cc1cc(C)n(Cc2ccc(N3CC[C@@](C)(O)[C@H](O)C3)nc2)n1. The van der Waals surface area contributed by atoms with Crippen molar-refractivity contribution in [1.82, 2.24) is 14.8 Å². The van der Waals surface area contributed by atoms with Crippen molar-refractivity contribution in [3.8, 4) is 0 Å². The number of aliphatic hydroxyl groups is 2. The lowest BCUT2D eigenvalue weighted by Gasteiger charge is -2.40. The minimum absolute atomic E-state index is 0.400. The van der Waals surface area contributed by atoms with Crippen molar-refractivity contribution in [1.29, 1.82) is 0 Å². The summed E-state index contributed by atoms with van der Waals surface area (Å²) in [6, 6.07) is 6.06. The van der Waals surface area contributed by atoms with Gasteiger partial charge in [-0.1, -0.05) is 6.07 Å². The van der Waals surface area contributed by atoms with E-state index in [1.165, 1.54) is 0 Å². The van der Waals surface area contributed by atoms with E-state index in [4.69, 9.17) is 0 Å². The molecule has 1 saturated heterocycles. The van der Waals surface area contributed by atoms with Crippen LogP contribution in [0.15, 0.2) is 24.4 Å². The van der Waals surface area contributed by atoms with Crippen LogP contribution >= 0.6 is 0 Å². The fourth-order valence-corrected chi connectivity index (χ4v) is 2.94. The number of aromatic nitrogens is 3. The Balaban J connectivity index is 1.69. The quantitative estimate of drug-likeness (QED) is 0.892. The Labute approximate surface area is 136 Å². The highest BCUT2D eigenvalue weighted by Crippen LogP contribution is 2.25. The molecule has 1 fully saturated rings. The first-order valence-electron chi connectivity index (χ1n) is 7.96. The summed E-state index contributed by atoms with van der Waals surface area (Å²) < 4.78 is 1.97. The second kappa shape index (κ2) is 5.94. The van der Waals surface area contributed by atoms with Gasteiger partial charge >= 0.3 is 0 Å². The van der Waals surface area contributed by atoms with Gasteiger partial charge < -0.3 is 15.1 Å². The molecule has 6 heteroatoms. The molecule has 124 valence electrons. The summed E-state index contributed by atoms with van der Waals surface area (Å²) in [5, 5.41) is 24.5. The number of hydrogen-bond donors (Lipinski definition) is 2. The number of rotatable bonds is 3. The van der Waals surface area contributed by atoms with Gasteiger partial charge in [0.15, 0.2) is 0 Å². The van der Waals surface area contributed by atoms with E-state index in [9.17, 15) is 10.2 Å². The van der Waals surface area contributed by atoms with Gasteiger partial charge in [0.2, 0.25) is 0 Å². The number of pyridine rings is 1. The smallest absolute Gasteiger partial charge is 0.128 e. The van der Waals surface area contributed by atoms with Crippen LogP contribution in [0.4, 0.5) is 5.82 Å². The predicted molar refractivity (Wildman–Crippen MR) is 88.5 cm³/mol. The highest BCUT2D eigenvalue weighted by atomic mass is 16.3. The molecule has 23 heavy (non-hydrogen) atoms. The molecule has 0 saturated carbocycles. The second-order valence-electron chi connectivity index (χ2n) is 6.68. The van der Waals surface area contributed by atoms with Crippen LogP contribution in [0.25, 0.3) is 0 Å². The maximum Gasteiger partial charge on any atom is 0.128 e. The van der Waals surface area contributed by atoms with E-state index in [2.05, 4.69) is 16.1 Å². The van der Waals surface area contributed by atoms with Crippen molar-refractivity contribution in [3.05, 3.63) is 41.3 Å². The fourth-order valence-electron chi connectivity index (χ4n) is 2.94. The summed E-state index contributed by atoms with van der Waals surface area (Å²) in [6.45, 7) is 7.50. The Morgan fingerprint density at radius 2 is 2.13 bits per heavy atom. The van der Waals surface area contributed by atoms with Gasteiger partial charge in [0.25, 0.3) is 0 Å². The van der Waals surface area contributed by atoms with Crippen LogP contribution in [0.2, 0.25) is 0 Å². The average molecular weight is 316 g/mol. The van der Waals surface area contributed by atoms with E-state index in [0.29, 0.717) is 26.1 Å². The molecule has 2 N–H and O–H groups in total. The number of hydrogen-bond acceptors (Lipinski definition) is 5. The molecule has 2 atom stereocenters. The van der Waals surface area contributed by atoms with Crippen molar-refractivity contribution >= 4 is 5.82 Å². The molecule has 0 spiro atoms. The molecule has 2 aromatic rings. The third-order valence-electron chi connectivity index (χ3n) is 4.57. The van der Waals surface area contributed by atoms with Gasteiger partial charge in [-0.15, -0.1) is 0 Å². The van der Waals surface area contributed by atoms with Crippen molar-refractivity contribution in [3.63, 3.8) is 0 Å².